The Balaban J connectivity index is 1.71. The van der Waals surface area contributed by atoms with Gasteiger partial charge < -0.3 is 4.90 Å². The molecule has 1 aliphatic heterocycles. The van der Waals surface area contributed by atoms with Gasteiger partial charge in [0.25, 0.3) is 5.91 Å². The Bertz CT molecular complexity index is 855. The second-order valence-corrected chi connectivity index (χ2v) is 5.93. The highest BCUT2D eigenvalue weighted by Gasteiger charge is 2.25. The number of nitrogens with zero attached hydrogens (tertiary/aromatic N) is 1. The van der Waals surface area contributed by atoms with Gasteiger partial charge in [-0.1, -0.05) is 79.4 Å². The summed E-state index contributed by atoms with van der Waals surface area (Å²) in [5.74, 6) is -0.00195. The lowest BCUT2D eigenvalue weighted by Gasteiger charge is -2.18. The third-order valence-corrected chi connectivity index (χ3v) is 4.14. The molecule has 1 heterocycles. The molecule has 1 aliphatic rings. The Morgan fingerprint density at radius 2 is 1.64 bits per heavy atom. The quantitative estimate of drug-likeness (QED) is 0.685. The van der Waals surface area contributed by atoms with E-state index in [2.05, 4.69) is 43.0 Å². The van der Waals surface area contributed by atoms with Crippen LogP contribution in [-0.2, 0) is 11.3 Å². The minimum atomic E-state index is -0.00195. The van der Waals surface area contributed by atoms with Crippen molar-refractivity contribution >= 4 is 5.91 Å². The largest absolute Gasteiger partial charge is 0.305 e. The molecule has 0 spiro atoms. The predicted octanol–water partition coefficient (Wildman–Crippen LogP) is 5.27. The molecule has 25 heavy (non-hydrogen) atoms. The van der Waals surface area contributed by atoms with Crippen LogP contribution >= 0.6 is 0 Å². The molecule has 0 aromatic heterocycles. The van der Waals surface area contributed by atoms with Gasteiger partial charge in [0.2, 0.25) is 0 Å². The highest BCUT2D eigenvalue weighted by atomic mass is 16.2. The van der Waals surface area contributed by atoms with E-state index in [1.807, 2.05) is 55.5 Å². The van der Waals surface area contributed by atoms with E-state index >= 15 is 0 Å². The van der Waals surface area contributed by atoms with Crippen molar-refractivity contribution in [1.82, 2.24) is 4.90 Å². The molecule has 0 atom stereocenters. The monoisotopic (exact) mass is 327 g/mol. The average Bonchev–Trinajstić information content (AvgIpc) is 2.91. The summed E-state index contributed by atoms with van der Waals surface area (Å²) in [6, 6.07) is 18.6. The van der Waals surface area contributed by atoms with Crippen molar-refractivity contribution in [3.63, 3.8) is 0 Å². The van der Waals surface area contributed by atoms with Crippen molar-refractivity contribution in [3.8, 4) is 11.1 Å². The summed E-state index contributed by atoms with van der Waals surface area (Å²) in [6.07, 6.45) is 9.36. The van der Waals surface area contributed by atoms with Crippen molar-refractivity contribution < 1.29 is 4.79 Å². The SMILES string of the molecule is C=C1C=C(/C=C\C=C/C)C(=O)N1Cc1ccc(-c2ccccc2)cc1. The lowest BCUT2D eigenvalue weighted by Crippen LogP contribution is -2.24. The number of carbonyl (C=O) groups excluding carboxylic acids is 1. The van der Waals surface area contributed by atoms with Crippen molar-refractivity contribution in [2.75, 3.05) is 0 Å². The van der Waals surface area contributed by atoms with Crippen LogP contribution in [0.3, 0.4) is 0 Å². The van der Waals surface area contributed by atoms with Crippen LogP contribution in [0.1, 0.15) is 12.5 Å². The lowest BCUT2D eigenvalue weighted by atomic mass is 10.0. The van der Waals surface area contributed by atoms with Gasteiger partial charge in [0.15, 0.2) is 0 Å². The van der Waals surface area contributed by atoms with E-state index in [1.54, 1.807) is 4.90 Å². The van der Waals surface area contributed by atoms with E-state index in [-0.39, 0.29) is 5.91 Å². The average molecular weight is 327 g/mol. The smallest absolute Gasteiger partial charge is 0.258 e. The number of carbonyl (C=O) groups is 1. The summed E-state index contributed by atoms with van der Waals surface area (Å²) >= 11 is 0. The fraction of sp³-hybridized carbons (Fsp3) is 0.0870. The molecule has 2 aromatic rings. The molecule has 124 valence electrons. The van der Waals surface area contributed by atoms with Crippen molar-refractivity contribution in [2.45, 2.75) is 13.5 Å². The molecule has 0 saturated heterocycles. The number of amides is 1. The van der Waals surface area contributed by atoms with Crippen LogP contribution < -0.4 is 0 Å². The molecule has 0 radical (unpaired) electrons. The zero-order valence-corrected chi connectivity index (χ0v) is 14.4. The number of allylic oxidation sites excluding steroid dienone is 4. The number of rotatable bonds is 5. The number of hydrogen-bond donors (Lipinski definition) is 0. The highest BCUT2D eigenvalue weighted by Crippen LogP contribution is 2.25. The summed E-state index contributed by atoms with van der Waals surface area (Å²) in [5, 5.41) is 0. The Hall–Kier alpha value is -3.13. The maximum atomic E-state index is 12.5. The van der Waals surface area contributed by atoms with Gasteiger partial charge in [-0.3, -0.25) is 4.79 Å². The van der Waals surface area contributed by atoms with Gasteiger partial charge in [-0.15, -0.1) is 0 Å². The lowest BCUT2D eigenvalue weighted by molar-refractivity contribution is -0.124. The first kappa shape index (κ1) is 16.7. The minimum Gasteiger partial charge on any atom is -0.305 e. The summed E-state index contributed by atoms with van der Waals surface area (Å²) in [5.41, 5.74) is 4.85. The molecule has 0 unspecified atom stereocenters. The van der Waals surface area contributed by atoms with Crippen LogP contribution in [0.15, 0.2) is 103 Å². The molecule has 2 aromatic carbocycles. The fourth-order valence-corrected chi connectivity index (χ4v) is 2.78. The van der Waals surface area contributed by atoms with Crippen LogP contribution in [0.25, 0.3) is 11.1 Å². The van der Waals surface area contributed by atoms with Crippen molar-refractivity contribution in [3.05, 3.63) is 108 Å². The van der Waals surface area contributed by atoms with Crippen LogP contribution in [0.5, 0.6) is 0 Å². The summed E-state index contributed by atoms with van der Waals surface area (Å²) in [7, 11) is 0. The second kappa shape index (κ2) is 7.63. The topological polar surface area (TPSA) is 20.3 Å². The molecule has 0 aliphatic carbocycles. The Labute approximate surface area is 149 Å². The van der Waals surface area contributed by atoms with Crippen molar-refractivity contribution in [1.29, 1.82) is 0 Å². The van der Waals surface area contributed by atoms with Crippen LogP contribution in [0, 0.1) is 0 Å². The molecular weight excluding hydrogens is 306 g/mol. The molecule has 0 saturated carbocycles. The van der Waals surface area contributed by atoms with Gasteiger partial charge in [-0.05, 0) is 35.8 Å². The maximum absolute atomic E-state index is 12.5. The van der Waals surface area contributed by atoms with Gasteiger partial charge in [0, 0.05) is 11.3 Å². The van der Waals surface area contributed by atoms with E-state index < -0.39 is 0 Å². The van der Waals surface area contributed by atoms with Gasteiger partial charge in [-0.25, -0.2) is 0 Å². The molecule has 0 bridgehead atoms. The highest BCUT2D eigenvalue weighted by molar-refractivity contribution is 6.01. The van der Waals surface area contributed by atoms with Crippen LogP contribution in [0.4, 0.5) is 0 Å². The van der Waals surface area contributed by atoms with E-state index in [9.17, 15) is 4.79 Å². The molecule has 3 rings (SSSR count). The summed E-state index contributed by atoms with van der Waals surface area (Å²) < 4.78 is 0. The number of benzene rings is 2. The van der Waals surface area contributed by atoms with Gasteiger partial charge >= 0.3 is 0 Å². The van der Waals surface area contributed by atoms with Gasteiger partial charge in [-0.2, -0.15) is 0 Å². The third kappa shape index (κ3) is 3.86. The molecule has 0 N–H and O–H groups in total. The molecule has 1 amide bonds. The molecular formula is C23H21NO. The van der Waals surface area contributed by atoms with E-state index in [1.165, 1.54) is 11.1 Å². The standard InChI is InChI=1S/C23H21NO/c1-3-4-6-11-22-16-18(2)24(23(22)25)17-19-12-14-21(15-13-19)20-9-7-5-8-10-20/h3-16H,2,17H2,1H3/b4-3-,11-6-. The van der Waals surface area contributed by atoms with Crippen molar-refractivity contribution in [2.24, 2.45) is 0 Å². The predicted molar refractivity (Wildman–Crippen MR) is 104 cm³/mol. The Morgan fingerprint density at radius 3 is 2.32 bits per heavy atom. The minimum absolute atomic E-state index is 0.00195. The first-order valence-corrected chi connectivity index (χ1v) is 8.35. The van der Waals surface area contributed by atoms with E-state index in [4.69, 9.17) is 0 Å². The fourth-order valence-electron chi connectivity index (χ4n) is 2.78. The third-order valence-electron chi connectivity index (χ3n) is 4.14. The molecule has 2 nitrogen and oxygen atoms in total. The molecule has 2 heteroatoms. The first-order valence-electron chi connectivity index (χ1n) is 8.35. The Morgan fingerprint density at radius 1 is 0.960 bits per heavy atom. The molecule has 0 fully saturated rings. The van der Waals surface area contributed by atoms with Crippen LogP contribution in [-0.4, -0.2) is 10.8 Å². The van der Waals surface area contributed by atoms with Crippen LogP contribution in [0.2, 0.25) is 0 Å². The zero-order chi connectivity index (χ0) is 17.6. The summed E-state index contributed by atoms with van der Waals surface area (Å²) in [4.78, 5) is 14.2. The Kier molecular flexibility index (Phi) is 5.10. The van der Waals surface area contributed by atoms with E-state index in [0.29, 0.717) is 12.1 Å². The summed E-state index contributed by atoms with van der Waals surface area (Å²) in [6.45, 7) is 6.48. The second-order valence-electron chi connectivity index (χ2n) is 5.93. The van der Waals surface area contributed by atoms with Gasteiger partial charge in [0.05, 0.1) is 6.54 Å². The zero-order valence-electron chi connectivity index (χ0n) is 14.4. The van der Waals surface area contributed by atoms with E-state index in [0.717, 1.165) is 11.3 Å². The van der Waals surface area contributed by atoms with Gasteiger partial charge in [0.1, 0.15) is 0 Å². The maximum Gasteiger partial charge on any atom is 0.258 e. The number of hydrogen-bond acceptors (Lipinski definition) is 1. The normalized spacial score (nSPS) is 14.8. The first-order chi connectivity index (χ1) is 12.2.